The normalized spacial score (nSPS) is 11.6. The average Bonchev–Trinajstić information content (AvgIpc) is 3.28. The summed E-state index contributed by atoms with van der Waals surface area (Å²) >= 11 is 1.50. The fourth-order valence-corrected chi connectivity index (χ4v) is 6.05. The Kier molecular flexibility index (Phi) is 8.35. The van der Waals surface area contributed by atoms with Gasteiger partial charge in [0.15, 0.2) is 5.13 Å². The second kappa shape index (κ2) is 11.5. The Labute approximate surface area is 227 Å². The number of methoxy groups -OCH3 is 1. The Morgan fingerprint density at radius 2 is 1.63 bits per heavy atom. The number of sulfonamides is 1. The lowest BCUT2D eigenvalue weighted by molar-refractivity contribution is 0.0986. The molecule has 1 N–H and O–H groups in total. The van der Waals surface area contributed by atoms with Crippen molar-refractivity contribution in [3.63, 3.8) is 0 Å². The smallest absolute Gasteiger partial charge is 0.261 e. The Hall–Kier alpha value is -3.47. The quantitative estimate of drug-likeness (QED) is 0.286. The van der Waals surface area contributed by atoms with Crippen LogP contribution in [0.5, 0.6) is 5.75 Å². The van der Waals surface area contributed by atoms with Gasteiger partial charge >= 0.3 is 0 Å². The molecule has 38 heavy (non-hydrogen) atoms. The summed E-state index contributed by atoms with van der Waals surface area (Å²) in [5, 5.41) is 0.651. The number of carbonyl (C=O) groups excluding carboxylic acids is 1. The predicted octanol–water partition coefficient (Wildman–Crippen LogP) is 5.32. The number of fused-ring (bicyclic) bond motifs is 1. The van der Waals surface area contributed by atoms with Crippen LogP contribution in [-0.2, 0) is 10.0 Å². The van der Waals surface area contributed by atoms with E-state index in [1.54, 1.807) is 41.3 Å². The molecule has 0 spiro atoms. The fraction of sp³-hybridized carbons (Fsp3) is 0.286. The minimum atomic E-state index is -3.79. The molecule has 8 nitrogen and oxygen atoms in total. The van der Waals surface area contributed by atoms with Crippen LogP contribution in [0, 0.1) is 13.8 Å². The molecule has 4 rings (SSSR count). The predicted molar refractivity (Wildman–Crippen MR) is 154 cm³/mol. The van der Waals surface area contributed by atoms with Gasteiger partial charge in [-0.3, -0.25) is 14.4 Å². The number of thiazole rings is 1. The molecule has 0 aliphatic carbocycles. The highest BCUT2D eigenvalue weighted by molar-refractivity contribution is 7.92. The Bertz CT molecular complexity index is 1490. The Balaban J connectivity index is 1.57. The van der Waals surface area contributed by atoms with Gasteiger partial charge in [0.05, 0.1) is 22.2 Å². The third-order valence-corrected chi connectivity index (χ3v) is 8.65. The van der Waals surface area contributed by atoms with E-state index in [0.717, 1.165) is 28.7 Å². The second-order valence-corrected chi connectivity index (χ2v) is 12.1. The lowest BCUT2D eigenvalue weighted by Crippen LogP contribution is -2.33. The van der Waals surface area contributed by atoms with E-state index >= 15 is 0 Å². The van der Waals surface area contributed by atoms with Crippen molar-refractivity contribution in [1.82, 2.24) is 9.88 Å². The monoisotopic (exact) mass is 552 g/mol. The molecule has 3 aromatic carbocycles. The van der Waals surface area contributed by atoms with Crippen LogP contribution in [0.2, 0.25) is 0 Å². The summed E-state index contributed by atoms with van der Waals surface area (Å²) in [4.78, 5) is 22.3. The number of hydrogen-bond donors (Lipinski definition) is 1. The number of anilines is 2. The Morgan fingerprint density at radius 3 is 2.26 bits per heavy atom. The summed E-state index contributed by atoms with van der Waals surface area (Å²) in [6.07, 6.45) is 0.784. The minimum Gasteiger partial charge on any atom is -0.497 e. The summed E-state index contributed by atoms with van der Waals surface area (Å²) < 4.78 is 34.3. The summed E-state index contributed by atoms with van der Waals surface area (Å²) in [6, 6.07) is 16.8. The van der Waals surface area contributed by atoms with Gasteiger partial charge < -0.3 is 9.64 Å². The first kappa shape index (κ1) is 27.6. The molecule has 0 atom stereocenters. The van der Waals surface area contributed by atoms with Crippen LogP contribution < -0.4 is 14.4 Å². The molecule has 0 bridgehead atoms. The molecule has 0 saturated carbocycles. The molecule has 0 aliphatic heterocycles. The van der Waals surface area contributed by atoms with Gasteiger partial charge in [0.25, 0.3) is 15.9 Å². The van der Waals surface area contributed by atoms with Gasteiger partial charge in [0.1, 0.15) is 5.75 Å². The lowest BCUT2D eigenvalue weighted by atomic mass is 10.1. The first-order chi connectivity index (χ1) is 18.1. The molecule has 0 fully saturated rings. The van der Waals surface area contributed by atoms with Gasteiger partial charge in [-0.1, -0.05) is 11.3 Å². The molecular weight excluding hydrogens is 520 g/mol. The van der Waals surface area contributed by atoms with Crippen LogP contribution in [0.1, 0.15) is 27.9 Å². The van der Waals surface area contributed by atoms with Crippen LogP contribution in [0.4, 0.5) is 10.8 Å². The van der Waals surface area contributed by atoms with Gasteiger partial charge in [-0.05, 0) is 113 Å². The van der Waals surface area contributed by atoms with E-state index in [1.807, 2.05) is 14.1 Å². The van der Waals surface area contributed by atoms with Gasteiger partial charge in [-0.2, -0.15) is 0 Å². The number of aryl methyl sites for hydroxylation is 2. The fourth-order valence-electron chi connectivity index (χ4n) is 3.92. The molecule has 0 saturated heterocycles. The molecule has 1 aromatic heterocycles. The first-order valence-electron chi connectivity index (χ1n) is 12.2. The number of hydrogen-bond acceptors (Lipinski definition) is 7. The topological polar surface area (TPSA) is 91.8 Å². The molecule has 10 heteroatoms. The highest BCUT2D eigenvalue weighted by Gasteiger charge is 2.22. The van der Waals surface area contributed by atoms with Crippen molar-refractivity contribution in [2.45, 2.75) is 25.2 Å². The molecule has 0 unspecified atom stereocenters. The maximum Gasteiger partial charge on any atom is 0.261 e. The summed E-state index contributed by atoms with van der Waals surface area (Å²) in [7, 11) is 1.74. The van der Waals surface area contributed by atoms with Crippen LogP contribution in [-0.4, -0.2) is 58.5 Å². The molecule has 0 radical (unpaired) electrons. The average molecular weight is 553 g/mol. The largest absolute Gasteiger partial charge is 0.497 e. The number of ether oxygens (including phenoxy) is 1. The van der Waals surface area contributed by atoms with E-state index in [9.17, 15) is 13.2 Å². The molecular formula is C28H32N4O4S2. The summed E-state index contributed by atoms with van der Waals surface area (Å²) in [5.74, 6) is 0.390. The molecule has 0 aliphatic rings. The van der Waals surface area contributed by atoms with E-state index in [0.29, 0.717) is 28.7 Å². The van der Waals surface area contributed by atoms with Crippen molar-refractivity contribution >= 4 is 48.3 Å². The van der Waals surface area contributed by atoms with Crippen molar-refractivity contribution in [3.05, 3.63) is 77.4 Å². The zero-order valence-corrected chi connectivity index (χ0v) is 23.8. The van der Waals surface area contributed by atoms with E-state index in [-0.39, 0.29) is 10.8 Å². The summed E-state index contributed by atoms with van der Waals surface area (Å²) in [6.45, 7) is 5.47. The minimum absolute atomic E-state index is 0.117. The third kappa shape index (κ3) is 6.32. The van der Waals surface area contributed by atoms with Crippen LogP contribution in [0.3, 0.4) is 0 Å². The van der Waals surface area contributed by atoms with Crippen molar-refractivity contribution in [2.24, 2.45) is 0 Å². The molecule has 1 amide bonds. The van der Waals surface area contributed by atoms with Crippen molar-refractivity contribution in [1.29, 1.82) is 0 Å². The number of rotatable bonds is 10. The molecule has 1 heterocycles. The highest BCUT2D eigenvalue weighted by atomic mass is 32.2. The van der Waals surface area contributed by atoms with Crippen LogP contribution in [0.15, 0.2) is 65.6 Å². The number of nitrogens with one attached hydrogen (secondary N) is 1. The van der Waals surface area contributed by atoms with E-state index in [2.05, 4.69) is 35.6 Å². The van der Waals surface area contributed by atoms with Gasteiger partial charge in [-0.25, -0.2) is 13.4 Å². The van der Waals surface area contributed by atoms with E-state index in [1.165, 1.54) is 36.1 Å². The van der Waals surface area contributed by atoms with Crippen LogP contribution >= 0.6 is 11.3 Å². The first-order valence-corrected chi connectivity index (χ1v) is 14.5. The van der Waals surface area contributed by atoms with E-state index < -0.39 is 10.0 Å². The molecule has 200 valence electrons. The number of benzene rings is 3. The number of nitrogens with zero attached hydrogens (tertiary/aromatic N) is 3. The van der Waals surface area contributed by atoms with Gasteiger partial charge in [0.2, 0.25) is 0 Å². The van der Waals surface area contributed by atoms with Crippen molar-refractivity contribution in [2.75, 3.05) is 43.9 Å². The number of amides is 1. The zero-order chi connectivity index (χ0) is 27.4. The third-order valence-electron chi connectivity index (χ3n) is 6.21. The maximum atomic E-state index is 13.6. The maximum absolute atomic E-state index is 13.6. The van der Waals surface area contributed by atoms with Crippen molar-refractivity contribution < 1.29 is 17.9 Å². The van der Waals surface area contributed by atoms with Crippen LogP contribution in [0.25, 0.3) is 10.2 Å². The zero-order valence-electron chi connectivity index (χ0n) is 22.2. The standard InChI is InChI=1S/C28H32N4O4S2/c1-19-17-25-26(18-20(19)2)37-28(29-25)32(16-6-15-31(3)4)27(33)21-7-9-22(10-8-21)30-38(34,35)24-13-11-23(36-5)12-14-24/h7-14,17-18,30H,6,15-16H2,1-5H3. The lowest BCUT2D eigenvalue weighted by Gasteiger charge is -2.21. The summed E-state index contributed by atoms with van der Waals surface area (Å²) in [5.41, 5.74) is 4.04. The van der Waals surface area contributed by atoms with Gasteiger partial charge in [0, 0.05) is 17.8 Å². The second-order valence-electron chi connectivity index (χ2n) is 9.37. The number of carbonyl (C=O) groups is 1. The van der Waals surface area contributed by atoms with Crippen molar-refractivity contribution in [3.8, 4) is 5.75 Å². The SMILES string of the molecule is COc1ccc(S(=O)(=O)Nc2ccc(C(=O)N(CCCN(C)C)c3nc4cc(C)c(C)cc4s3)cc2)cc1. The highest BCUT2D eigenvalue weighted by Crippen LogP contribution is 2.32. The molecule has 4 aromatic rings. The van der Waals surface area contributed by atoms with E-state index in [4.69, 9.17) is 9.72 Å². The Morgan fingerprint density at radius 1 is 0.974 bits per heavy atom. The van der Waals surface area contributed by atoms with Gasteiger partial charge in [-0.15, -0.1) is 0 Å². The number of aromatic nitrogens is 1.